The highest BCUT2D eigenvalue weighted by atomic mass is 19.1. The van der Waals surface area contributed by atoms with Crippen molar-refractivity contribution >= 4 is 35.3 Å². The van der Waals surface area contributed by atoms with Gasteiger partial charge in [-0.05, 0) is 120 Å². The van der Waals surface area contributed by atoms with Crippen LogP contribution in [0.15, 0.2) is 133 Å². The fraction of sp³-hybridized carbons (Fsp3) is 0.276. The number of methoxy groups -OCH3 is 1. The van der Waals surface area contributed by atoms with Crippen molar-refractivity contribution in [3.63, 3.8) is 0 Å². The van der Waals surface area contributed by atoms with Crippen LogP contribution < -0.4 is 15.7 Å². The van der Waals surface area contributed by atoms with Crippen LogP contribution in [0, 0.1) is 18.6 Å². The number of phenolic OH excluding ortho intramolecular Hbond substituents is 1. The van der Waals surface area contributed by atoms with Crippen molar-refractivity contribution in [1.29, 1.82) is 0 Å². The number of aromatic hydroxyl groups is 1. The zero-order valence-corrected chi connectivity index (χ0v) is 43.8. The Morgan fingerprint density at radius 2 is 1.03 bits per heavy atom. The van der Waals surface area contributed by atoms with Gasteiger partial charge in [0.15, 0.2) is 23.1 Å². The van der Waals surface area contributed by atoms with Crippen molar-refractivity contribution in [3.05, 3.63) is 201 Å². The number of ketones is 2. The topological polar surface area (TPSA) is 256 Å². The Balaban J connectivity index is 0.000000253. The molecule has 0 saturated carbocycles. The van der Waals surface area contributed by atoms with Crippen molar-refractivity contribution in [2.45, 2.75) is 66.5 Å². The maximum absolute atomic E-state index is 13.4. The van der Waals surface area contributed by atoms with Crippen LogP contribution in [0.1, 0.15) is 90.3 Å². The molecule has 2 amide bonds. The number of aliphatic hydroxyl groups excluding tert-OH is 1. The predicted octanol–water partition coefficient (Wildman–Crippen LogP) is 7.41. The lowest BCUT2D eigenvalue weighted by molar-refractivity contribution is -0.131. The molecule has 6 aromatic rings. The number of carboxylic acids is 1. The Hall–Kier alpha value is -8.24. The summed E-state index contributed by atoms with van der Waals surface area (Å²) in [7, 11) is 1.63. The third-order valence-corrected chi connectivity index (χ3v) is 11.6. The molecule has 0 bridgehead atoms. The van der Waals surface area contributed by atoms with E-state index in [0.29, 0.717) is 67.0 Å². The van der Waals surface area contributed by atoms with Gasteiger partial charge in [0.05, 0.1) is 37.9 Å². The van der Waals surface area contributed by atoms with E-state index >= 15 is 0 Å². The van der Waals surface area contributed by atoms with Gasteiger partial charge in [-0.1, -0.05) is 72.8 Å². The zero-order chi connectivity index (χ0) is 57.1. The molecule has 0 aliphatic rings. The minimum Gasteiger partial charge on any atom is -0.505 e. The number of aromatic carboxylic acids is 1. The number of nitrogens with one attached hydrogen (secondary N) is 2. The van der Waals surface area contributed by atoms with Gasteiger partial charge in [0, 0.05) is 57.8 Å². The molecular weight excluding hydrogens is 1010 g/mol. The van der Waals surface area contributed by atoms with Crippen molar-refractivity contribution in [1.82, 2.24) is 25.7 Å². The molecule has 414 valence electrons. The van der Waals surface area contributed by atoms with Crippen molar-refractivity contribution in [3.8, 4) is 11.5 Å². The lowest BCUT2D eigenvalue weighted by Crippen LogP contribution is -2.35. The quantitative estimate of drug-likeness (QED) is 0.0128. The second-order valence-electron chi connectivity index (χ2n) is 17.9. The average molecular weight is 1080 g/mol. The van der Waals surface area contributed by atoms with Gasteiger partial charge in [-0.2, -0.15) is 0 Å². The van der Waals surface area contributed by atoms with Gasteiger partial charge < -0.3 is 24.8 Å². The molecule has 7 N–H and O–H groups in total. The summed E-state index contributed by atoms with van der Waals surface area (Å²) in [5, 5.41) is 45.1. The van der Waals surface area contributed by atoms with Gasteiger partial charge in [0.2, 0.25) is 0 Å². The first-order valence-electron chi connectivity index (χ1n) is 24.5. The van der Waals surface area contributed by atoms with Crippen molar-refractivity contribution in [2.75, 3.05) is 40.0 Å². The number of benzene rings is 6. The molecule has 0 aliphatic heterocycles. The summed E-state index contributed by atoms with van der Waals surface area (Å²) in [4.78, 5) is 74.8. The van der Waals surface area contributed by atoms with Crippen LogP contribution in [0.2, 0.25) is 0 Å². The smallest absolute Gasteiger partial charge is 0.338 e. The second-order valence-corrected chi connectivity index (χ2v) is 17.9. The number of hydrogen-bond donors (Lipinski definition) is 7. The third-order valence-electron chi connectivity index (χ3n) is 11.6. The monoisotopic (exact) mass is 1080 g/mol. The number of aliphatic hydroxyl groups is 1. The van der Waals surface area contributed by atoms with Gasteiger partial charge in [-0.25, -0.2) is 29.3 Å². The normalized spacial score (nSPS) is 10.7. The van der Waals surface area contributed by atoms with E-state index in [1.807, 2.05) is 42.5 Å². The van der Waals surface area contributed by atoms with E-state index in [0.717, 1.165) is 34.1 Å². The van der Waals surface area contributed by atoms with Gasteiger partial charge in [-0.3, -0.25) is 44.3 Å². The number of carbonyl (C=O) groups excluding carboxylic acids is 5. The lowest BCUT2D eigenvalue weighted by atomic mass is 10.1. The number of ether oxygens (including phenoxy) is 2. The number of phenols is 1. The van der Waals surface area contributed by atoms with Crippen LogP contribution in [0.3, 0.4) is 0 Å². The van der Waals surface area contributed by atoms with Crippen LogP contribution >= 0.6 is 0 Å². The van der Waals surface area contributed by atoms with Crippen LogP contribution in [0.25, 0.3) is 0 Å². The average Bonchev–Trinajstić information content (AvgIpc) is 3.43. The molecule has 0 aliphatic carbocycles. The minimum atomic E-state index is -1.04. The molecule has 0 radical (unpaired) electrons. The molecule has 20 heteroatoms. The number of amides is 2. The number of aryl methyl sites for hydroxylation is 1. The number of nitrogens with zero attached hydrogens (tertiary/aromatic N) is 3. The highest BCUT2D eigenvalue weighted by Crippen LogP contribution is 2.21. The largest absolute Gasteiger partial charge is 0.505 e. The summed E-state index contributed by atoms with van der Waals surface area (Å²) in [6, 6.07) is 37.1. The van der Waals surface area contributed by atoms with Gasteiger partial charge >= 0.3 is 11.9 Å². The van der Waals surface area contributed by atoms with Crippen LogP contribution in [0.4, 0.5) is 8.78 Å². The Bertz CT molecular complexity index is 2910. The predicted molar refractivity (Wildman–Crippen MR) is 283 cm³/mol. The number of halogens is 2. The van der Waals surface area contributed by atoms with Crippen molar-refractivity contribution < 1.29 is 72.8 Å². The molecule has 0 heterocycles. The fourth-order valence-corrected chi connectivity index (χ4v) is 7.83. The molecule has 18 nitrogen and oxygen atoms in total. The summed E-state index contributed by atoms with van der Waals surface area (Å²) in [5.41, 5.74) is 9.83. The van der Waals surface area contributed by atoms with Crippen LogP contribution in [-0.2, 0) is 58.4 Å². The maximum atomic E-state index is 13.4. The van der Waals surface area contributed by atoms with E-state index in [2.05, 4.69) is 4.90 Å². The molecule has 6 aromatic carbocycles. The van der Waals surface area contributed by atoms with E-state index in [4.69, 9.17) is 30.1 Å². The van der Waals surface area contributed by atoms with E-state index < -0.39 is 41.9 Å². The first kappa shape index (κ1) is 62.3. The number of hydroxylamine groups is 2. The van der Waals surface area contributed by atoms with Crippen LogP contribution in [-0.4, -0.2) is 116 Å². The summed E-state index contributed by atoms with van der Waals surface area (Å²) in [5.74, 6) is -3.56. The summed E-state index contributed by atoms with van der Waals surface area (Å²) in [6.07, 6.45) is 0.291. The summed E-state index contributed by atoms with van der Waals surface area (Å²) in [6.45, 7) is 7.46. The zero-order valence-electron chi connectivity index (χ0n) is 43.8. The number of esters is 1. The summed E-state index contributed by atoms with van der Waals surface area (Å²) < 4.78 is 36.7. The number of rotatable bonds is 25. The molecule has 0 spiro atoms. The highest BCUT2D eigenvalue weighted by Gasteiger charge is 2.17. The van der Waals surface area contributed by atoms with Gasteiger partial charge in [0.1, 0.15) is 18.2 Å². The SMILES string of the molecule is CCOC(=O)c1cccc(CN(CC(=O)NO)Cc2cccc(C(=O)O)c2)c1.COc1ccc(CN(CCC(=O)CO)Cc2cccc(C(C)=O)c2)cc1.Cc1cc(CN(CC(=O)NO)Cc2ccc(F)c(O)c2)ccc1F. The molecule has 0 aromatic heterocycles. The Morgan fingerprint density at radius 3 is 1.50 bits per heavy atom. The Morgan fingerprint density at radius 1 is 0.577 bits per heavy atom. The maximum Gasteiger partial charge on any atom is 0.338 e. The highest BCUT2D eigenvalue weighted by molar-refractivity contribution is 5.94. The molecule has 0 atom stereocenters. The van der Waals surface area contributed by atoms with E-state index in [-0.39, 0.29) is 55.7 Å². The van der Waals surface area contributed by atoms with E-state index in [1.165, 1.54) is 30.3 Å². The number of carboxylic acid groups (broad SMARTS) is 1. The van der Waals surface area contributed by atoms with Gasteiger partial charge in [0.25, 0.3) is 11.8 Å². The van der Waals surface area contributed by atoms with Crippen LogP contribution in [0.5, 0.6) is 11.5 Å². The standard InChI is InChI=1S/C21H25NO4.C20H22N2O6.C17H18F2N2O3/c1-16(24)19-5-3-4-18(12-19)14-22(11-10-20(25)15-23)13-17-6-8-21(26-2)9-7-17;1-2-28-20(26)17-8-4-6-15(10-17)12-22(13-18(23)21-27)11-14-5-3-7-16(9-14)19(24)25;1-11-6-12(2-4-14(11)18)8-21(10-17(23)20-24)9-13-3-5-15(19)16(22)7-13/h3-9,12,23H,10-11,13-15H2,1-2H3;3-10,27H,2,11-13H2,1H3,(H,21,23)(H,24,25);2-7,22,24H,8-10H2,1H3,(H,20,23). The Labute approximate surface area is 451 Å². The molecule has 0 unspecified atom stereocenters. The minimum absolute atomic E-state index is 0.0315. The molecule has 6 rings (SSSR count). The van der Waals surface area contributed by atoms with E-state index in [9.17, 15) is 42.7 Å². The van der Waals surface area contributed by atoms with Crippen molar-refractivity contribution in [2.24, 2.45) is 0 Å². The molecule has 0 fully saturated rings. The molecular formula is C58H65F2N5O13. The third kappa shape index (κ3) is 21.8. The summed E-state index contributed by atoms with van der Waals surface area (Å²) >= 11 is 0. The first-order chi connectivity index (χ1) is 37.3. The van der Waals surface area contributed by atoms with Gasteiger partial charge in [-0.15, -0.1) is 0 Å². The van der Waals surface area contributed by atoms with E-state index in [1.54, 1.807) is 103 Å². The number of hydrogen-bond acceptors (Lipinski definition) is 15. The lowest BCUT2D eigenvalue weighted by Gasteiger charge is -2.22. The Kier molecular flexibility index (Phi) is 25.9. The molecule has 0 saturated heterocycles. The number of carbonyl (C=O) groups is 6. The fourth-order valence-electron chi connectivity index (χ4n) is 7.83. The first-order valence-corrected chi connectivity index (χ1v) is 24.5. The number of Topliss-reactive ketones (excluding diaryl/α,β-unsaturated/α-hetero) is 2. The molecule has 78 heavy (non-hydrogen) atoms. The second kappa shape index (κ2) is 32.4.